The van der Waals surface area contributed by atoms with E-state index in [0.29, 0.717) is 30.5 Å². The Morgan fingerprint density at radius 2 is 1.09 bits per heavy atom. The van der Waals surface area contributed by atoms with Gasteiger partial charge in [-0.15, -0.1) is 0 Å². The second-order valence-corrected chi connectivity index (χ2v) is 6.60. The summed E-state index contributed by atoms with van der Waals surface area (Å²) in [6.07, 6.45) is 1.06. The first-order chi connectivity index (χ1) is 10.5. The van der Waals surface area contributed by atoms with Gasteiger partial charge in [0.25, 0.3) is 0 Å². The summed E-state index contributed by atoms with van der Waals surface area (Å²) in [7, 11) is 0. The zero-order chi connectivity index (χ0) is 16.1. The standard InChI is InChI=1S/C21H26O/c1-15(2)20-11-7-5-9-17(20)13-19(22)14-18-10-6-8-12-21(18)16(3)4/h5-12,15-16H,13-14H2,1-4H3. The second-order valence-electron chi connectivity index (χ2n) is 6.60. The molecule has 116 valence electrons. The van der Waals surface area contributed by atoms with Crippen molar-refractivity contribution in [2.75, 3.05) is 0 Å². The Balaban J connectivity index is 2.15. The van der Waals surface area contributed by atoms with E-state index in [4.69, 9.17) is 0 Å². The van der Waals surface area contributed by atoms with Crippen LogP contribution in [0.1, 0.15) is 61.8 Å². The molecule has 0 aliphatic heterocycles. The van der Waals surface area contributed by atoms with Crippen molar-refractivity contribution in [1.29, 1.82) is 0 Å². The van der Waals surface area contributed by atoms with Gasteiger partial charge in [-0.05, 0) is 34.1 Å². The first-order valence-corrected chi connectivity index (χ1v) is 8.16. The molecule has 0 saturated carbocycles. The third-order valence-corrected chi connectivity index (χ3v) is 4.13. The van der Waals surface area contributed by atoms with Crippen LogP contribution in [0.15, 0.2) is 48.5 Å². The van der Waals surface area contributed by atoms with E-state index in [2.05, 4.69) is 64.1 Å². The average molecular weight is 294 g/mol. The lowest BCUT2D eigenvalue weighted by atomic mass is 9.90. The molecule has 1 nitrogen and oxygen atoms in total. The fourth-order valence-electron chi connectivity index (χ4n) is 3.00. The van der Waals surface area contributed by atoms with E-state index in [1.165, 1.54) is 22.3 Å². The van der Waals surface area contributed by atoms with Gasteiger partial charge in [-0.3, -0.25) is 4.79 Å². The van der Waals surface area contributed by atoms with E-state index in [1.807, 2.05) is 12.1 Å². The number of carbonyl (C=O) groups excluding carboxylic acids is 1. The summed E-state index contributed by atoms with van der Waals surface area (Å²) in [6, 6.07) is 16.6. The number of benzene rings is 2. The van der Waals surface area contributed by atoms with Gasteiger partial charge in [0.15, 0.2) is 0 Å². The minimum Gasteiger partial charge on any atom is -0.299 e. The normalized spacial score (nSPS) is 11.2. The average Bonchev–Trinajstić information content (AvgIpc) is 2.47. The Bertz CT molecular complexity index is 582. The van der Waals surface area contributed by atoms with Crippen molar-refractivity contribution in [3.05, 3.63) is 70.8 Å². The lowest BCUT2D eigenvalue weighted by Crippen LogP contribution is -2.10. The molecule has 0 saturated heterocycles. The molecule has 0 atom stereocenters. The predicted molar refractivity (Wildman–Crippen MR) is 93.5 cm³/mol. The number of ketones is 1. The summed E-state index contributed by atoms with van der Waals surface area (Å²) in [5.74, 6) is 1.19. The van der Waals surface area contributed by atoms with E-state index in [-0.39, 0.29) is 0 Å². The molecular weight excluding hydrogens is 268 g/mol. The van der Waals surface area contributed by atoms with Crippen LogP contribution in [-0.4, -0.2) is 5.78 Å². The molecule has 2 rings (SSSR count). The molecule has 0 radical (unpaired) electrons. The predicted octanol–water partition coefficient (Wildman–Crippen LogP) is 5.29. The van der Waals surface area contributed by atoms with Gasteiger partial charge in [-0.1, -0.05) is 76.2 Å². The van der Waals surface area contributed by atoms with Crippen molar-refractivity contribution < 1.29 is 4.79 Å². The highest BCUT2D eigenvalue weighted by atomic mass is 16.1. The van der Waals surface area contributed by atoms with E-state index in [9.17, 15) is 4.79 Å². The Morgan fingerprint density at radius 1 is 0.727 bits per heavy atom. The summed E-state index contributed by atoms with van der Waals surface area (Å²) in [6.45, 7) is 8.71. The van der Waals surface area contributed by atoms with Gasteiger partial charge >= 0.3 is 0 Å². The van der Waals surface area contributed by atoms with Crippen molar-refractivity contribution in [2.24, 2.45) is 0 Å². The number of Topliss-reactive ketones (excluding diaryl/α,β-unsaturated/α-hetero) is 1. The molecule has 2 aromatic rings. The summed E-state index contributed by atoms with van der Waals surface area (Å²) in [5.41, 5.74) is 4.91. The minimum atomic E-state index is 0.293. The Labute approximate surface area is 134 Å². The molecule has 0 unspecified atom stereocenters. The molecular formula is C21H26O. The first-order valence-electron chi connectivity index (χ1n) is 8.16. The zero-order valence-corrected chi connectivity index (χ0v) is 14.1. The summed E-state index contributed by atoms with van der Waals surface area (Å²) < 4.78 is 0. The molecule has 0 N–H and O–H groups in total. The quantitative estimate of drug-likeness (QED) is 0.707. The third kappa shape index (κ3) is 4.07. The third-order valence-electron chi connectivity index (χ3n) is 4.13. The Kier molecular flexibility index (Phi) is 5.54. The van der Waals surface area contributed by atoms with Crippen LogP contribution in [0.3, 0.4) is 0 Å². The molecule has 0 heterocycles. The van der Waals surface area contributed by atoms with Crippen molar-refractivity contribution >= 4 is 5.78 Å². The topological polar surface area (TPSA) is 17.1 Å². The lowest BCUT2D eigenvalue weighted by Gasteiger charge is -2.14. The van der Waals surface area contributed by atoms with E-state index < -0.39 is 0 Å². The van der Waals surface area contributed by atoms with Crippen LogP contribution >= 0.6 is 0 Å². The van der Waals surface area contributed by atoms with Crippen LogP contribution in [0, 0.1) is 0 Å². The molecule has 0 aliphatic carbocycles. The highest BCUT2D eigenvalue weighted by Crippen LogP contribution is 2.22. The molecule has 2 aromatic carbocycles. The van der Waals surface area contributed by atoms with Gasteiger partial charge in [0, 0.05) is 12.8 Å². The number of rotatable bonds is 6. The van der Waals surface area contributed by atoms with Crippen LogP contribution in [0.5, 0.6) is 0 Å². The van der Waals surface area contributed by atoms with Gasteiger partial charge in [0.1, 0.15) is 5.78 Å². The van der Waals surface area contributed by atoms with Crippen LogP contribution in [-0.2, 0) is 17.6 Å². The fraction of sp³-hybridized carbons (Fsp3) is 0.381. The van der Waals surface area contributed by atoms with Gasteiger partial charge in [-0.25, -0.2) is 0 Å². The van der Waals surface area contributed by atoms with Crippen LogP contribution < -0.4 is 0 Å². The lowest BCUT2D eigenvalue weighted by molar-refractivity contribution is -0.117. The maximum atomic E-state index is 12.5. The van der Waals surface area contributed by atoms with Gasteiger partial charge in [0.05, 0.1) is 0 Å². The zero-order valence-electron chi connectivity index (χ0n) is 14.1. The monoisotopic (exact) mass is 294 g/mol. The summed E-state index contributed by atoms with van der Waals surface area (Å²) >= 11 is 0. The van der Waals surface area contributed by atoms with Crippen molar-refractivity contribution in [2.45, 2.75) is 52.4 Å². The second kappa shape index (κ2) is 7.40. The maximum absolute atomic E-state index is 12.5. The van der Waals surface area contributed by atoms with Gasteiger partial charge in [-0.2, -0.15) is 0 Å². The first kappa shape index (κ1) is 16.5. The molecule has 22 heavy (non-hydrogen) atoms. The van der Waals surface area contributed by atoms with Crippen molar-refractivity contribution in [1.82, 2.24) is 0 Å². The number of hydrogen-bond donors (Lipinski definition) is 0. The van der Waals surface area contributed by atoms with Gasteiger partial charge < -0.3 is 0 Å². The molecule has 0 aliphatic rings. The van der Waals surface area contributed by atoms with Crippen LogP contribution in [0.25, 0.3) is 0 Å². The molecule has 0 amide bonds. The highest BCUT2D eigenvalue weighted by Gasteiger charge is 2.13. The number of carbonyl (C=O) groups is 1. The fourth-order valence-corrected chi connectivity index (χ4v) is 3.00. The summed E-state index contributed by atoms with van der Waals surface area (Å²) in [5, 5.41) is 0. The maximum Gasteiger partial charge on any atom is 0.141 e. The van der Waals surface area contributed by atoms with Crippen molar-refractivity contribution in [3.63, 3.8) is 0 Å². The van der Waals surface area contributed by atoms with Gasteiger partial charge in [0.2, 0.25) is 0 Å². The van der Waals surface area contributed by atoms with Crippen LogP contribution in [0.2, 0.25) is 0 Å². The van der Waals surface area contributed by atoms with E-state index >= 15 is 0 Å². The SMILES string of the molecule is CC(C)c1ccccc1CC(=O)Cc1ccccc1C(C)C. The highest BCUT2D eigenvalue weighted by molar-refractivity contribution is 5.83. The molecule has 0 aromatic heterocycles. The molecule has 1 heteroatoms. The smallest absolute Gasteiger partial charge is 0.141 e. The Hall–Kier alpha value is -1.89. The summed E-state index contributed by atoms with van der Waals surface area (Å²) in [4.78, 5) is 12.5. The minimum absolute atomic E-state index is 0.293. The van der Waals surface area contributed by atoms with Crippen LogP contribution in [0.4, 0.5) is 0 Å². The van der Waals surface area contributed by atoms with E-state index in [0.717, 1.165) is 0 Å². The molecule has 0 fully saturated rings. The molecule has 0 spiro atoms. The Morgan fingerprint density at radius 3 is 1.45 bits per heavy atom. The van der Waals surface area contributed by atoms with Crippen molar-refractivity contribution in [3.8, 4) is 0 Å². The van der Waals surface area contributed by atoms with E-state index in [1.54, 1.807) is 0 Å². The largest absolute Gasteiger partial charge is 0.299 e. The number of hydrogen-bond acceptors (Lipinski definition) is 1. The molecule has 0 bridgehead atoms.